The first-order valence-electron chi connectivity index (χ1n) is 7.40. The SMILES string of the molecule is N[C@@H]1CCc2cc(OCC3Cc4ccccc43)ccc21. The van der Waals surface area contributed by atoms with Crippen LogP contribution in [0.2, 0.25) is 0 Å². The van der Waals surface area contributed by atoms with Crippen molar-refractivity contribution < 1.29 is 4.74 Å². The lowest BCUT2D eigenvalue weighted by molar-refractivity contribution is 0.275. The summed E-state index contributed by atoms with van der Waals surface area (Å²) in [6.07, 6.45) is 3.29. The molecule has 2 aromatic carbocycles. The second-order valence-corrected chi connectivity index (χ2v) is 5.92. The quantitative estimate of drug-likeness (QED) is 0.923. The zero-order valence-electron chi connectivity index (χ0n) is 11.5. The summed E-state index contributed by atoms with van der Waals surface area (Å²) in [5.74, 6) is 1.55. The van der Waals surface area contributed by atoms with Gasteiger partial charge in [0.1, 0.15) is 5.75 Å². The Balaban J connectivity index is 1.44. The smallest absolute Gasteiger partial charge is 0.119 e. The Hall–Kier alpha value is -1.80. The van der Waals surface area contributed by atoms with Gasteiger partial charge < -0.3 is 10.5 Å². The van der Waals surface area contributed by atoms with Gasteiger partial charge in [-0.25, -0.2) is 0 Å². The van der Waals surface area contributed by atoms with Crippen LogP contribution in [0.3, 0.4) is 0 Å². The average molecular weight is 265 g/mol. The van der Waals surface area contributed by atoms with Gasteiger partial charge in [0, 0.05) is 12.0 Å². The molecule has 2 N–H and O–H groups in total. The van der Waals surface area contributed by atoms with Gasteiger partial charge in [0.2, 0.25) is 0 Å². The molecule has 2 heteroatoms. The molecule has 0 spiro atoms. The van der Waals surface area contributed by atoms with Gasteiger partial charge in [0.25, 0.3) is 0 Å². The molecular formula is C18H19NO. The molecule has 0 radical (unpaired) electrons. The first-order chi connectivity index (χ1) is 9.81. The first-order valence-corrected chi connectivity index (χ1v) is 7.40. The van der Waals surface area contributed by atoms with E-state index in [1.165, 1.54) is 22.3 Å². The van der Waals surface area contributed by atoms with Crippen LogP contribution in [0, 0.1) is 0 Å². The van der Waals surface area contributed by atoms with Crippen molar-refractivity contribution in [3.05, 3.63) is 64.7 Å². The molecule has 20 heavy (non-hydrogen) atoms. The van der Waals surface area contributed by atoms with Gasteiger partial charge in [-0.2, -0.15) is 0 Å². The number of benzene rings is 2. The molecule has 0 fully saturated rings. The minimum Gasteiger partial charge on any atom is -0.493 e. The normalized spacial score (nSPS) is 22.9. The van der Waals surface area contributed by atoms with Crippen LogP contribution >= 0.6 is 0 Å². The van der Waals surface area contributed by atoms with Crippen molar-refractivity contribution in [2.45, 2.75) is 31.2 Å². The lowest BCUT2D eigenvalue weighted by Gasteiger charge is -2.29. The topological polar surface area (TPSA) is 35.2 Å². The van der Waals surface area contributed by atoms with Crippen LogP contribution in [0.5, 0.6) is 5.75 Å². The van der Waals surface area contributed by atoms with Crippen LogP contribution in [0.4, 0.5) is 0 Å². The molecule has 1 unspecified atom stereocenters. The third kappa shape index (κ3) is 1.92. The fraction of sp³-hybridized carbons (Fsp3) is 0.333. The van der Waals surface area contributed by atoms with Crippen molar-refractivity contribution in [1.82, 2.24) is 0 Å². The summed E-state index contributed by atoms with van der Waals surface area (Å²) in [5.41, 5.74) is 11.7. The molecule has 0 bridgehead atoms. The number of rotatable bonds is 3. The zero-order chi connectivity index (χ0) is 13.5. The molecule has 0 aromatic heterocycles. The summed E-state index contributed by atoms with van der Waals surface area (Å²) in [4.78, 5) is 0. The molecule has 2 aliphatic rings. The van der Waals surface area contributed by atoms with Crippen molar-refractivity contribution in [3.8, 4) is 5.75 Å². The third-order valence-corrected chi connectivity index (χ3v) is 4.65. The summed E-state index contributed by atoms with van der Waals surface area (Å²) in [7, 11) is 0. The fourth-order valence-electron chi connectivity index (χ4n) is 3.42. The van der Waals surface area contributed by atoms with Crippen molar-refractivity contribution in [2.24, 2.45) is 5.73 Å². The van der Waals surface area contributed by atoms with Crippen LogP contribution in [0.1, 0.15) is 40.6 Å². The second-order valence-electron chi connectivity index (χ2n) is 5.92. The Labute approximate surface area is 119 Å². The molecule has 0 saturated heterocycles. The molecule has 102 valence electrons. The van der Waals surface area contributed by atoms with Crippen LogP contribution < -0.4 is 10.5 Å². The number of aryl methyl sites for hydroxylation is 1. The number of nitrogens with two attached hydrogens (primary N) is 1. The number of fused-ring (bicyclic) bond motifs is 2. The van der Waals surface area contributed by atoms with E-state index in [0.717, 1.165) is 31.6 Å². The Bertz CT molecular complexity index is 650. The van der Waals surface area contributed by atoms with E-state index in [0.29, 0.717) is 5.92 Å². The van der Waals surface area contributed by atoms with Crippen LogP contribution in [-0.2, 0) is 12.8 Å². The zero-order valence-corrected chi connectivity index (χ0v) is 11.5. The van der Waals surface area contributed by atoms with Crippen LogP contribution in [-0.4, -0.2) is 6.61 Å². The summed E-state index contributed by atoms with van der Waals surface area (Å²) >= 11 is 0. The standard InChI is InChI=1S/C18H19NO/c19-18-8-5-13-10-15(6-7-17(13)18)20-11-14-9-12-3-1-2-4-16(12)14/h1-4,6-7,10,14,18H,5,8-9,11,19H2/t14?,18-/m1/s1. The summed E-state index contributed by atoms with van der Waals surface area (Å²) < 4.78 is 5.99. The van der Waals surface area contributed by atoms with E-state index in [-0.39, 0.29) is 6.04 Å². The Morgan fingerprint density at radius 1 is 1.05 bits per heavy atom. The van der Waals surface area contributed by atoms with Crippen molar-refractivity contribution >= 4 is 0 Å². The molecule has 0 amide bonds. The van der Waals surface area contributed by atoms with E-state index in [1.807, 2.05) is 0 Å². The van der Waals surface area contributed by atoms with Gasteiger partial charge in [-0.1, -0.05) is 30.3 Å². The highest BCUT2D eigenvalue weighted by atomic mass is 16.5. The number of ether oxygens (including phenoxy) is 1. The Morgan fingerprint density at radius 3 is 2.85 bits per heavy atom. The fourth-order valence-corrected chi connectivity index (χ4v) is 3.42. The van der Waals surface area contributed by atoms with Gasteiger partial charge in [-0.3, -0.25) is 0 Å². The van der Waals surface area contributed by atoms with Crippen LogP contribution in [0.25, 0.3) is 0 Å². The van der Waals surface area contributed by atoms with E-state index in [1.54, 1.807) is 0 Å². The van der Waals surface area contributed by atoms with Gasteiger partial charge in [-0.05, 0) is 53.6 Å². The number of hydrogen-bond donors (Lipinski definition) is 1. The molecule has 2 aliphatic carbocycles. The molecule has 0 saturated carbocycles. The minimum atomic E-state index is 0.220. The molecule has 4 rings (SSSR count). The molecule has 2 aromatic rings. The monoisotopic (exact) mass is 265 g/mol. The number of hydrogen-bond acceptors (Lipinski definition) is 2. The Kier molecular flexibility index (Phi) is 2.78. The summed E-state index contributed by atoms with van der Waals surface area (Å²) in [5, 5.41) is 0. The highest BCUT2D eigenvalue weighted by molar-refractivity contribution is 5.42. The van der Waals surface area contributed by atoms with E-state index in [4.69, 9.17) is 10.5 Å². The van der Waals surface area contributed by atoms with Crippen molar-refractivity contribution in [3.63, 3.8) is 0 Å². The molecule has 2 atom stereocenters. The maximum atomic E-state index is 6.06. The van der Waals surface area contributed by atoms with E-state index < -0.39 is 0 Å². The van der Waals surface area contributed by atoms with Gasteiger partial charge in [-0.15, -0.1) is 0 Å². The lowest BCUT2D eigenvalue weighted by Crippen LogP contribution is -2.23. The lowest BCUT2D eigenvalue weighted by atomic mass is 9.78. The van der Waals surface area contributed by atoms with E-state index in [2.05, 4.69) is 42.5 Å². The maximum absolute atomic E-state index is 6.06. The molecule has 0 heterocycles. The van der Waals surface area contributed by atoms with Gasteiger partial charge in [0.05, 0.1) is 6.61 Å². The first kappa shape index (κ1) is 12.0. The highest BCUT2D eigenvalue weighted by Gasteiger charge is 2.26. The van der Waals surface area contributed by atoms with E-state index in [9.17, 15) is 0 Å². The van der Waals surface area contributed by atoms with E-state index >= 15 is 0 Å². The van der Waals surface area contributed by atoms with Gasteiger partial charge >= 0.3 is 0 Å². The van der Waals surface area contributed by atoms with Crippen molar-refractivity contribution in [2.75, 3.05) is 6.61 Å². The minimum absolute atomic E-state index is 0.220. The average Bonchev–Trinajstić information content (AvgIpc) is 2.81. The second kappa shape index (κ2) is 4.64. The summed E-state index contributed by atoms with van der Waals surface area (Å²) in [6.45, 7) is 0.780. The highest BCUT2D eigenvalue weighted by Crippen LogP contribution is 2.36. The van der Waals surface area contributed by atoms with Crippen molar-refractivity contribution in [1.29, 1.82) is 0 Å². The predicted molar refractivity (Wildman–Crippen MR) is 80.1 cm³/mol. The third-order valence-electron chi connectivity index (χ3n) is 4.65. The molecule has 0 aliphatic heterocycles. The van der Waals surface area contributed by atoms with Gasteiger partial charge in [0.15, 0.2) is 0 Å². The molecule has 2 nitrogen and oxygen atoms in total. The molecular weight excluding hydrogens is 246 g/mol. The summed E-state index contributed by atoms with van der Waals surface area (Å²) in [6, 6.07) is 15.2. The predicted octanol–water partition coefficient (Wildman–Crippen LogP) is 3.35. The Morgan fingerprint density at radius 2 is 1.95 bits per heavy atom. The largest absolute Gasteiger partial charge is 0.493 e. The maximum Gasteiger partial charge on any atom is 0.119 e. The van der Waals surface area contributed by atoms with Crippen LogP contribution in [0.15, 0.2) is 42.5 Å².